The van der Waals surface area contributed by atoms with Gasteiger partial charge in [-0.05, 0) is 49.5 Å². The Kier molecular flexibility index (Phi) is 13.5. The molecule has 1 nitrogen and oxygen atoms in total. The molecule has 1 aromatic rings. The molecule has 0 aliphatic heterocycles. The first-order valence-electron chi connectivity index (χ1n) is 7.73. The van der Waals surface area contributed by atoms with Crippen molar-refractivity contribution in [3.05, 3.63) is 57.4 Å². The molecule has 0 saturated heterocycles. The summed E-state index contributed by atoms with van der Waals surface area (Å²) >= 11 is 0. The minimum atomic E-state index is 0. The van der Waals surface area contributed by atoms with Crippen LogP contribution in [0.1, 0.15) is 58.1 Å². The molecule has 0 bridgehead atoms. The van der Waals surface area contributed by atoms with Crippen LogP contribution in [0.2, 0.25) is 0 Å². The van der Waals surface area contributed by atoms with E-state index in [1.54, 1.807) is 0 Å². The van der Waals surface area contributed by atoms with Crippen molar-refractivity contribution in [2.24, 2.45) is 0 Å². The third-order valence-electron chi connectivity index (χ3n) is 4.39. The SMILES string of the molecule is CCCC[N-]Cc1ccccc1C1=C(C)C(C)=C(C)C1.[Cl-].[Cl-].[Ti+3]. The quantitative estimate of drug-likeness (QED) is 0.478. The molecule has 125 valence electrons. The number of hydrogen-bond donors (Lipinski definition) is 0. The van der Waals surface area contributed by atoms with Crippen LogP contribution >= 0.6 is 0 Å². The predicted octanol–water partition coefficient (Wildman–Crippen LogP) is -0.120. The van der Waals surface area contributed by atoms with E-state index in [0.29, 0.717) is 0 Å². The number of allylic oxidation sites excluding steroid dienone is 4. The second-order valence-corrected chi connectivity index (χ2v) is 5.80. The Bertz CT molecular complexity index is 550. The Hall–Kier alpha value is -0.0457. The standard InChI is InChI=1S/C19H26N.2ClH.Ti/c1-5-6-11-20-13-17-9-7-8-10-18(17)19-12-14(2)15(3)16(19)4;;;/h7-10H,5-6,11-13H2,1-4H3;2*1H;/q-1;;;+3/p-2. The van der Waals surface area contributed by atoms with Crippen molar-refractivity contribution in [2.45, 2.75) is 53.5 Å². The molecule has 0 unspecified atom stereocenters. The smallest absolute Gasteiger partial charge is 1.00 e. The summed E-state index contributed by atoms with van der Waals surface area (Å²) in [6.45, 7) is 10.8. The fourth-order valence-electron chi connectivity index (χ4n) is 2.80. The van der Waals surface area contributed by atoms with Gasteiger partial charge in [0.1, 0.15) is 0 Å². The Morgan fingerprint density at radius 3 is 2.22 bits per heavy atom. The maximum Gasteiger partial charge on any atom is 3.00 e. The molecule has 0 aromatic heterocycles. The molecule has 0 N–H and O–H groups in total. The molecule has 0 heterocycles. The van der Waals surface area contributed by atoms with E-state index in [2.05, 4.69) is 52.0 Å². The normalized spacial score (nSPS) is 13.4. The number of unbranched alkanes of at least 4 members (excludes halogenated alkanes) is 1. The van der Waals surface area contributed by atoms with Crippen molar-refractivity contribution in [3.8, 4) is 0 Å². The zero-order valence-electron chi connectivity index (χ0n) is 14.5. The first kappa shape index (κ1) is 25.2. The van der Waals surface area contributed by atoms with E-state index in [1.165, 1.54) is 46.3 Å². The third kappa shape index (κ3) is 6.40. The second-order valence-electron chi connectivity index (χ2n) is 5.80. The van der Waals surface area contributed by atoms with Crippen LogP contribution < -0.4 is 24.8 Å². The molecule has 1 aromatic carbocycles. The number of hydrogen-bond acceptors (Lipinski definition) is 0. The maximum absolute atomic E-state index is 4.69. The first-order chi connectivity index (χ1) is 9.65. The van der Waals surface area contributed by atoms with Gasteiger partial charge >= 0.3 is 21.7 Å². The van der Waals surface area contributed by atoms with Gasteiger partial charge in [0.2, 0.25) is 0 Å². The predicted molar refractivity (Wildman–Crippen MR) is 88.9 cm³/mol. The summed E-state index contributed by atoms with van der Waals surface area (Å²) in [5, 5.41) is 4.69. The molecule has 1 radical (unpaired) electrons. The Morgan fingerprint density at radius 2 is 1.65 bits per heavy atom. The maximum atomic E-state index is 4.69. The number of halogens is 2. The van der Waals surface area contributed by atoms with Gasteiger partial charge in [-0.15, -0.1) is 13.1 Å². The molecule has 1 aliphatic rings. The van der Waals surface area contributed by atoms with Gasteiger partial charge in [-0.3, -0.25) is 0 Å². The number of benzene rings is 1. The van der Waals surface area contributed by atoms with Gasteiger partial charge < -0.3 is 30.1 Å². The summed E-state index contributed by atoms with van der Waals surface area (Å²) in [6, 6.07) is 8.77. The fraction of sp³-hybridized carbons (Fsp3) is 0.474. The van der Waals surface area contributed by atoms with E-state index in [0.717, 1.165) is 19.5 Å². The monoisotopic (exact) mass is 386 g/mol. The number of rotatable bonds is 6. The first-order valence-corrected chi connectivity index (χ1v) is 7.73. The van der Waals surface area contributed by atoms with E-state index < -0.39 is 0 Å². The van der Waals surface area contributed by atoms with Gasteiger partial charge in [-0.2, -0.15) is 0 Å². The minimum absolute atomic E-state index is 0. The molecular formula is C19H26Cl2NTi. The molecule has 1 aliphatic carbocycles. The van der Waals surface area contributed by atoms with Crippen molar-refractivity contribution >= 4 is 5.57 Å². The summed E-state index contributed by atoms with van der Waals surface area (Å²) in [5.41, 5.74) is 8.72. The van der Waals surface area contributed by atoms with Crippen molar-refractivity contribution in [2.75, 3.05) is 6.54 Å². The van der Waals surface area contributed by atoms with E-state index in [1.807, 2.05) is 0 Å². The summed E-state index contributed by atoms with van der Waals surface area (Å²) in [7, 11) is 0. The van der Waals surface area contributed by atoms with Crippen LogP contribution in [0.15, 0.2) is 41.0 Å². The van der Waals surface area contributed by atoms with E-state index >= 15 is 0 Å². The van der Waals surface area contributed by atoms with Gasteiger partial charge in [0.25, 0.3) is 0 Å². The van der Waals surface area contributed by atoms with Crippen molar-refractivity contribution in [1.29, 1.82) is 0 Å². The molecule has 0 saturated carbocycles. The average Bonchev–Trinajstić information content (AvgIpc) is 2.72. The van der Waals surface area contributed by atoms with Gasteiger partial charge in [0.05, 0.1) is 0 Å². The fourth-order valence-corrected chi connectivity index (χ4v) is 2.80. The zero-order chi connectivity index (χ0) is 14.5. The molecule has 23 heavy (non-hydrogen) atoms. The minimum Gasteiger partial charge on any atom is -1.00 e. The molecule has 0 spiro atoms. The molecule has 0 amide bonds. The van der Waals surface area contributed by atoms with Crippen molar-refractivity contribution in [1.82, 2.24) is 0 Å². The second kappa shape index (κ2) is 12.3. The van der Waals surface area contributed by atoms with E-state index in [9.17, 15) is 0 Å². The van der Waals surface area contributed by atoms with Crippen LogP contribution in [0.5, 0.6) is 0 Å². The van der Waals surface area contributed by atoms with Crippen molar-refractivity contribution in [3.63, 3.8) is 0 Å². The molecular weight excluding hydrogens is 361 g/mol. The molecule has 2 rings (SSSR count). The Morgan fingerprint density at radius 1 is 1.00 bits per heavy atom. The molecule has 4 heteroatoms. The van der Waals surface area contributed by atoms with Gasteiger partial charge in [-0.1, -0.05) is 55.2 Å². The van der Waals surface area contributed by atoms with Gasteiger partial charge in [-0.25, -0.2) is 0 Å². The van der Waals surface area contributed by atoms with Crippen LogP contribution in [-0.2, 0) is 28.3 Å². The summed E-state index contributed by atoms with van der Waals surface area (Å²) in [5.74, 6) is 0. The average molecular weight is 387 g/mol. The van der Waals surface area contributed by atoms with Crippen LogP contribution in [0, 0.1) is 0 Å². The van der Waals surface area contributed by atoms with Crippen LogP contribution in [-0.4, -0.2) is 6.54 Å². The Labute approximate surface area is 169 Å². The van der Waals surface area contributed by atoms with Crippen molar-refractivity contribution < 1.29 is 46.5 Å². The summed E-state index contributed by atoms with van der Waals surface area (Å²) in [4.78, 5) is 0. The zero-order valence-corrected chi connectivity index (χ0v) is 17.6. The van der Waals surface area contributed by atoms with Gasteiger partial charge in [0.15, 0.2) is 0 Å². The summed E-state index contributed by atoms with van der Waals surface area (Å²) in [6.07, 6.45) is 3.52. The van der Waals surface area contributed by atoms with Gasteiger partial charge in [0, 0.05) is 0 Å². The number of nitrogens with zero attached hydrogens (tertiary/aromatic N) is 1. The van der Waals surface area contributed by atoms with E-state index in [-0.39, 0.29) is 46.5 Å². The van der Waals surface area contributed by atoms with Crippen LogP contribution in [0.25, 0.3) is 10.9 Å². The van der Waals surface area contributed by atoms with E-state index in [4.69, 9.17) is 5.32 Å². The van der Waals surface area contributed by atoms with Crippen LogP contribution in [0.4, 0.5) is 0 Å². The van der Waals surface area contributed by atoms with Crippen LogP contribution in [0.3, 0.4) is 0 Å². The largest absolute Gasteiger partial charge is 3.00 e. The Balaban J connectivity index is 0. The topological polar surface area (TPSA) is 14.1 Å². The third-order valence-corrected chi connectivity index (χ3v) is 4.39. The summed E-state index contributed by atoms with van der Waals surface area (Å²) < 4.78 is 0. The molecule has 0 atom stereocenters. The molecule has 0 fully saturated rings.